The van der Waals surface area contributed by atoms with E-state index in [0.29, 0.717) is 31.4 Å². The van der Waals surface area contributed by atoms with Crippen molar-refractivity contribution in [3.05, 3.63) is 69.3 Å². The molecule has 0 amide bonds. The van der Waals surface area contributed by atoms with E-state index in [9.17, 15) is 9.90 Å². The van der Waals surface area contributed by atoms with E-state index in [1.807, 2.05) is 42.5 Å². The summed E-state index contributed by atoms with van der Waals surface area (Å²) in [5.41, 5.74) is 2.01. The molecular formula is C20H14ClNO3S. The second kappa shape index (κ2) is 6.52. The summed E-state index contributed by atoms with van der Waals surface area (Å²) in [6.07, 6.45) is 0. The minimum absolute atomic E-state index is 0.0732. The van der Waals surface area contributed by atoms with Crippen LogP contribution in [-0.2, 0) is 0 Å². The van der Waals surface area contributed by atoms with Crippen LogP contribution in [0.2, 0.25) is 4.34 Å². The molecule has 4 nitrogen and oxygen atoms in total. The molecule has 2 aromatic carbocycles. The number of H-pyrrole nitrogens is 1. The quantitative estimate of drug-likeness (QED) is 0.505. The smallest absolute Gasteiger partial charge is 0.260 e. The standard InChI is InChI=1S/C20H14ClNO3S/c1-25-13-9-5-8-12(10-13)14-16-17(23)15(11-6-3-2-4-7-11)19(24)22-20(16)26-18(14)21/h2-10H,1H3,(H2,22,23,24). The maximum absolute atomic E-state index is 12.5. The monoisotopic (exact) mass is 383 g/mol. The van der Waals surface area contributed by atoms with Gasteiger partial charge >= 0.3 is 0 Å². The third kappa shape index (κ3) is 2.66. The molecule has 2 heterocycles. The maximum Gasteiger partial charge on any atom is 0.260 e. The highest BCUT2D eigenvalue weighted by atomic mass is 35.5. The lowest BCUT2D eigenvalue weighted by atomic mass is 10.0. The molecule has 26 heavy (non-hydrogen) atoms. The number of fused-ring (bicyclic) bond motifs is 1. The van der Waals surface area contributed by atoms with Crippen LogP contribution in [0.5, 0.6) is 11.5 Å². The van der Waals surface area contributed by atoms with Crippen molar-refractivity contribution in [1.29, 1.82) is 0 Å². The van der Waals surface area contributed by atoms with Gasteiger partial charge in [-0.05, 0) is 23.3 Å². The molecule has 0 spiro atoms. The van der Waals surface area contributed by atoms with Gasteiger partial charge in [0.05, 0.1) is 18.1 Å². The number of halogens is 1. The molecule has 0 bridgehead atoms. The van der Waals surface area contributed by atoms with Crippen LogP contribution in [0.4, 0.5) is 0 Å². The van der Waals surface area contributed by atoms with Gasteiger partial charge < -0.3 is 14.8 Å². The van der Waals surface area contributed by atoms with Crippen LogP contribution in [0, 0.1) is 0 Å². The van der Waals surface area contributed by atoms with E-state index >= 15 is 0 Å². The molecular weight excluding hydrogens is 370 g/mol. The first-order chi connectivity index (χ1) is 12.6. The zero-order valence-electron chi connectivity index (χ0n) is 13.7. The van der Waals surface area contributed by atoms with Crippen LogP contribution in [0.3, 0.4) is 0 Å². The van der Waals surface area contributed by atoms with Crippen LogP contribution in [0.15, 0.2) is 59.4 Å². The lowest BCUT2D eigenvalue weighted by Crippen LogP contribution is -2.08. The highest BCUT2D eigenvalue weighted by Crippen LogP contribution is 2.47. The van der Waals surface area contributed by atoms with E-state index < -0.39 is 0 Å². The summed E-state index contributed by atoms with van der Waals surface area (Å²) in [4.78, 5) is 15.9. The largest absolute Gasteiger partial charge is 0.506 e. The normalized spacial score (nSPS) is 11.0. The van der Waals surface area contributed by atoms with E-state index in [-0.39, 0.29) is 16.9 Å². The van der Waals surface area contributed by atoms with Gasteiger partial charge in [-0.25, -0.2) is 0 Å². The fourth-order valence-corrected chi connectivity index (χ4v) is 4.41. The van der Waals surface area contributed by atoms with Crippen molar-refractivity contribution in [1.82, 2.24) is 4.98 Å². The summed E-state index contributed by atoms with van der Waals surface area (Å²) >= 11 is 7.69. The molecule has 4 rings (SSSR count). The number of nitrogens with one attached hydrogen (secondary N) is 1. The van der Waals surface area contributed by atoms with Crippen molar-refractivity contribution in [2.45, 2.75) is 0 Å². The summed E-state index contributed by atoms with van der Waals surface area (Å²) in [6, 6.07) is 16.5. The third-order valence-electron chi connectivity index (χ3n) is 4.21. The average Bonchev–Trinajstić information content (AvgIpc) is 2.98. The number of aromatic amines is 1. The second-order valence-electron chi connectivity index (χ2n) is 5.73. The van der Waals surface area contributed by atoms with Gasteiger partial charge in [-0.15, -0.1) is 11.3 Å². The van der Waals surface area contributed by atoms with Crippen LogP contribution >= 0.6 is 22.9 Å². The Morgan fingerprint density at radius 3 is 2.50 bits per heavy atom. The van der Waals surface area contributed by atoms with E-state index in [2.05, 4.69) is 4.98 Å². The molecule has 0 radical (unpaired) electrons. The minimum Gasteiger partial charge on any atom is -0.506 e. The fourth-order valence-electron chi connectivity index (χ4n) is 3.02. The van der Waals surface area contributed by atoms with E-state index in [0.717, 1.165) is 5.56 Å². The SMILES string of the molecule is COc1cccc(-c2c(Cl)sc3[nH]c(=O)c(-c4ccccc4)c(O)c23)c1. The number of methoxy groups -OCH3 is 1. The Morgan fingerprint density at radius 2 is 1.77 bits per heavy atom. The first-order valence-electron chi connectivity index (χ1n) is 7.87. The molecule has 0 saturated heterocycles. The molecule has 2 N–H and O–H groups in total. The van der Waals surface area contributed by atoms with Crippen molar-refractivity contribution >= 4 is 33.2 Å². The number of aromatic nitrogens is 1. The summed E-state index contributed by atoms with van der Waals surface area (Å²) in [6.45, 7) is 0. The molecule has 0 atom stereocenters. The number of ether oxygens (including phenoxy) is 1. The predicted octanol–water partition coefficient (Wildman–Crippen LogP) is 5.29. The van der Waals surface area contributed by atoms with Crippen molar-refractivity contribution in [3.8, 4) is 33.8 Å². The Labute approximate surface area is 158 Å². The summed E-state index contributed by atoms with van der Waals surface area (Å²) in [5, 5.41) is 11.5. The maximum atomic E-state index is 12.5. The molecule has 2 aromatic heterocycles. The van der Waals surface area contributed by atoms with Gasteiger partial charge in [0.2, 0.25) is 0 Å². The lowest BCUT2D eigenvalue weighted by molar-refractivity contribution is 0.415. The first kappa shape index (κ1) is 16.7. The molecule has 0 aliphatic carbocycles. The van der Waals surface area contributed by atoms with Gasteiger partial charge in [-0.3, -0.25) is 4.79 Å². The first-order valence-corrected chi connectivity index (χ1v) is 9.06. The second-order valence-corrected chi connectivity index (χ2v) is 7.35. The average molecular weight is 384 g/mol. The molecule has 6 heteroatoms. The van der Waals surface area contributed by atoms with Crippen LogP contribution in [0.25, 0.3) is 32.5 Å². The number of pyridine rings is 1. The Bertz CT molecular complexity index is 1170. The van der Waals surface area contributed by atoms with E-state index in [1.165, 1.54) is 11.3 Å². The number of benzene rings is 2. The molecule has 0 unspecified atom stereocenters. The number of hydrogen-bond acceptors (Lipinski definition) is 4. The summed E-state index contributed by atoms with van der Waals surface area (Å²) < 4.78 is 5.78. The molecule has 0 aliphatic rings. The minimum atomic E-state index is -0.351. The number of rotatable bonds is 3. The highest BCUT2D eigenvalue weighted by molar-refractivity contribution is 7.23. The number of hydrogen-bond donors (Lipinski definition) is 2. The molecule has 4 aromatic rings. The van der Waals surface area contributed by atoms with Gasteiger partial charge in [0.15, 0.2) is 0 Å². The molecule has 0 fully saturated rings. The van der Waals surface area contributed by atoms with Crippen molar-refractivity contribution < 1.29 is 9.84 Å². The Balaban J connectivity index is 2.06. The van der Waals surface area contributed by atoms with Gasteiger partial charge in [0.1, 0.15) is 20.7 Å². The fraction of sp³-hybridized carbons (Fsp3) is 0.0500. The molecule has 0 saturated carbocycles. The summed E-state index contributed by atoms with van der Waals surface area (Å²) in [7, 11) is 1.59. The zero-order chi connectivity index (χ0) is 18.3. The highest BCUT2D eigenvalue weighted by Gasteiger charge is 2.22. The molecule has 130 valence electrons. The van der Waals surface area contributed by atoms with Gasteiger partial charge in [0, 0.05) is 5.56 Å². The van der Waals surface area contributed by atoms with Gasteiger partial charge in [-0.2, -0.15) is 0 Å². The Kier molecular flexibility index (Phi) is 4.18. The summed E-state index contributed by atoms with van der Waals surface area (Å²) in [5.74, 6) is 0.612. The Morgan fingerprint density at radius 1 is 1.04 bits per heavy atom. The molecule has 0 aliphatic heterocycles. The third-order valence-corrected chi connectivity index (χ3v) is 5.53. The number of thiophene rings is 1. The van der Waals surface area contributed by atoms with Crippen LogP contribution < -0.4 is 10.3 Å². The topological polar surface area (TPSA) is 62.3 Å². The van der Waals surface area contributed by atoms with Gasteiger partial charge in [-0.1, -0.05) is 54.1 Å². The van der Waals surface area contributed by atoms with Crippen LogP contribution in [-0.4, -0.2) is 17.2 Å². The van der Waals surface area contributed by atoms with E-state index in [4.69, 9.17) is 16.3 Å². The van der Waals surface area contributed by atoms with Crippen LogP contribution in [0.1, 0.15) is 0 Å². The van der Waals surface area contributed by atoms with Gasteiger partial charge in [0.25, 0.3) is 5.56 Å². The predicted molar refractivity (Wildman–Crippen MR) is 107 cm³/mol. The number of aromatic hydroxyl groups is 1. The van der Waals surface area contributed by atoms with Crippen molar-refractivity contribution in [2.24, 2.45) is 0 Å². The van der Waals surface area contributed by atoms with Crippen molar-refractivity contribution in [3.63, 3.8) is 0 Å². The van der Waals surface area contributed by atoms with Crippen molar-refractivity contribution in [2.75, 3.05) is 7.11 Å². The Hall–Kier alpha value is -2.76. The lowest BCUT2D eigenvalue weighted by Gasteiger charge is -2.08. The zero-order valence-corrected chi connectivity index (χ0v) is 15.3. The van der Waals surface area contributed by atoms with E-state index in [1.54, 1.807) is 19.2 Å².